The first-order chi connectivity index (χ1) is 16.2. The molecule has 0 aliphatic heterocycles. The van der Waals surface area contributed by atoms with Gasteiger partial charge in [0.15, 0.2) is 0 Å². The molecule has 0 aromatic heterocycles. The van der Waals surface area contributed by atoms with Crippen molar-refractivity contribution in [3.8, 4) is 5.75 Å². The van der Waals surface area contributed by atoms with Crippen LogP contribution in [0, 0.1) is 0 Å². The van der Waals surface area contributed by atoms with Crippen molar-refractivity contribution in [2.75, 3.05) is 13.7 Å². The third-order valence-electron chi connectivity index (χ3n) is 4.60. The number of nitrogens with zero attached hydrogens (tertiary/aromatic N) is 2. The summed E-state index contributed by atoms with van der Waals surface area (Å²) in [7, 11) is -2.50. The Labute approximate surface area is 216 Å². The van der Waals surface area contributed by atoms with Crippen molar-refractivity contribution >= 4 is 61.3 Å². The molecule has 0 unspecified atom stereocenters. The van der Waals surface area contributed by atoms with Crippen LogP contribution in [0.4, 0.5) is 0 Å². The van der Waals surface area contributed by atoms with Gasteiger partial charge in [0.05, 0.1) is 24.8 Å². The largest absolute Gasteiger partial charge is 0.496 e. The van der Waals surface area contributed by atoms with Gasteiger partial charge < -0.3 is 4.74 Å². The lowest BCUT2D eigenvalue weighted by Crippen LogP contribution is -2.39. The molecule has 11 heteroatoms. The van der Waals surface area contributed by atoms with Gasteiger partial charge in [0.25, 0.3) is 5.91 Å². The van der Waals surface area contributed by atoms with Crippen LogP contribution < -0.4 is 10.2 Å². The van der Waals surface area contributed by atoms with Crippen LogP contribution in [0.5, 0.6) is 5.75 Å². The first kappa shape index (κ1) is 26.2. The average molecular weight is 585 g/mol. The molecule has 1 amide bonds. The Morgan fingerprint density at radius 3 is 2.50 bits per heavy atom. The fraction of sp³-hybridized carbons (Fsp3) is 0.130. The molecule has 0 aliphatic carbocycles. The Morgan fingerprint density at radius 1 is 1.09 bits per heavy atom. The van der Waals surface area contributed by atoms with E-state index in [-0.39, 0.29) is 11.4 Å². The van der Waals surface area contributed by atoms with Crippen molar-refractivity contribution in [3.05, 3.63) is 92.4 Å². The summed E-state index contributed by atoms with van der Waals surface area (Å²) in [5, 5.41) is 4.80. The van der Waals surface area contributed by atoms with Crippen LogP contribution in [-0.4, -0.2) is 38.5 Å². The van der Waals surface area contributed by atoms with Crippen molar-refractivity contribution in [2.45, 2.75) is 11.4 Å². The number of methoxy groups -OCH3 is 1. The van der Waals surface area contributed by atoms with Crippen LogP contribution in [-0.2, 0) is 21.4 Å². The number of halogens is 3. The number of hydrogen-bond acceptors (Lipinski definition) is 5. The molecular formula is C23H20BrCl2N3O4S. The van der Waals surface area contributed by atoms with Crippen LogP contribution in [0.1, 0.15) is 11.1 Å². The lowest BCUT2D eigenvalue weighted by Gasteiger charge is -2.21. The molecule has 3 rings (SSSR count). The molecule has 0 fully saturated rings. The zero-order chi connectivity index (χ0) is 24.7. The van der Waals surface area contributed by atoms with E-state index in [4.69, 9.17) is 27.9 Å². The second kappa shape index (κ2) is 11.8. The Hall–Kier alpha value is -2.43. The van der Waals surface area contributed by atoms with E-state index in [0.29, 0.717) is 26.9 Å². The maximum Gasteiger partial charge on any atom is 0.255 e. The van der Waals surface area contributed by atoms with Gasteiger partial charge in [0, 0.05) is 26.6 Å². The van der Waals surface area contributed by atoms with E-state index in [2.05, 4.69) is 26.5 Å². The van der Waals surface area contributed by atoms with Crippen LogP contribution in [0.25, 0.3) is 0 Å². The quantitative estimate of drug-likeness (QED) is 0.280. The molecule has 0 saturated heterocycles. The van der Waals surface area contributed by atoms with Gasteiger partial charge in [0.2, 0.25) is 10.0 Å². The molecule has 7 nitrogen and oxygen atoms in total. The van der Waals surface area contributed by atoms with E-state index in [0.717, 1.165) is 8.78 Å². The first-order valence-corrected chi connectivity index (χ1v) is 12.8. The highest BCUT2D eigenvalue weighted by molar-refractivity contribution is 9.10. The predicted molar refractivity (Wildman–Crippen MR) is 137 cm³/mol. The molecule has 0 heterocycles. The van der Waals surface area contributed by atoms with Gasteiger partial charge >= 0.3 is 0 Å². The van der Waals surface area contributed by atoms with E-state index in [1.165, 1.54) is 37.6 Å². The molecule has 1 N–H and O–H groups in total. The van der Waals surface area contributed by atoms with Gasteiger partial charge in [0.1, 0.15) is 5.75 Å². The summed E-state index contributed by atoms with van der Waals surface area (Å²) >= 11 is 15.3. The molecule has 0 saturated carbocycles. The highest BCUT2D eigenvalue weighted by atomic mass is 79.9. The molecular weight excluding hydrogens is 565 g/mol. The monoisotopic (exact) mass is 583 g/mol. The highest BCUT2D eigenvalue weighted by Crippen LogP contribution is 2.22. The maximum atomic E-state index is 13.3. The van der Waals surface area contributed by atoms with E-state index in [1.807, 2.05) is 6.07 Å². The van der Waals surface area contributed by atoms with Crippen LogP contribution >= 0.6 is 39.1 Å². The maximum absolute atomic E-state index is 13.3. The lowest BCUT2D eigenvalue weighted by molar-refractivity contribution is -0.121. The molecule has 0 atom stereocenters. The first-order valence-electron chi connectivity index (χ1n) is 9.84. The summed E-state index contributed by atoms with van der Waals surface area (Å²) in [5.41, 5.74) is 3.62. The van der Waals surface area contributed by atoms with Crippen molar-refractivity contribution in [1.82, 2.24) is 9.73 Å². The Balaban J connectivity index is 1.81. The van der Waals surface area contributed by atoms with E-state index < -0.39 is 22.5 Å². The minimum absolute atomic E-state index is 0.00843. The third kappa shape index (κ3) is 7.04. The molecule has 0 bridgehead atoms. The number of carbonyl (C=O) groups excluding carboxylic acids is 1. The number of sulfonamides is 1. The van der Waals surface area contributed by atoms with Gasteiger partial charge in [-0.25, -0.2) is 13.8 Å². The summed E-state index contributed by atoms with van der Waals surface area (Å²) in [6.45, 7) is -0.535. The van der Waals surface area contributed by atoms with E-state index in [9.17, 15) is 13.2 Å². The summed E-state index contributed by atoms with van der Waals surface area (Å²) in [4.78, 5) is 12.6. The molecule has 178 valence electrons. The number of nitrogens with one attached hydrogen (secondary N) is 1. The number of ether oxygens (including phenoxy) is 1. The second-order valence-electron chi connectivity index (χ2n) is 7.04. The van der Waals surface area contributed by atoms with Gasteiger partial charge in [-0.15, -0.1) is 0 Å². The zero-order valence-electron chi connectivity index (χ0n) is 17.9. The van der Waals surface area contributed by atoms with E-state index in [1.54, 1.807) is 36.4 Å². The summed E-state index contributed by atoms with van der Waals surface area (Å²) in [5.74, 6) is -0.0566. The summed E-state index contributed by atoms with van der Waals surface area (Å²) in [6.07, 6.45) is 1.41. The summed E-state index contributed by atoms with van der Waals surface area (Å²) in [6, 6.07) is 17.8. The normalized spacial score (nSPS) is 11.7. The lowest BCUT2D eigenvalue weighted by atomic mass is 10.2. The Morgan fingerprint density at radius 2 is 1.82 bits per heavy atom. The smallest absolute Gasteiger partial charge is 0.255 e. The number of rotatable bonds is 9. The minimum atomic E-state index is -4.02. The van der Waals surface area contributed by atoms with Crippen LogP contribution in [0.15, 0.2) is 81.2 Å². The fourth-order valence-corrected chi connectivity index (χ4v) is 5.10. The molecule has 0 spiro atoms. The molecule has 3 aromatic carbocycles. The zero-order valence-corrected chi connectivity index (χ0v) is 21.8. The Bertz CT molecular complexity index is 1300. The SMILES string of the molecule is COc1ccc(Br)cc1/C=N\NC(=O)CN(Cc1cccc(Cl)c1)S(=O)(=O)c1ccc(Cl)cc1. The van der Waals surface area contributed by atoms with Crippen molar-refractivity contribution in [2.24, 2.45) is 5.10 Å². The number of hydrazone groups is 1. The number of hydrogen-bond donors (Lipinski definition) is 1. The van der Waals surface area contributed by atoms with E-state index >= 15 is 0 Å². The fourth-order valence-electron chi connectivity index (χ4n) is 3.00. The van der Waals surface area contributed by atoms with Gasteiger partial charge in [-0.2, -0.15) is 9.41 Å². The summed E-state index contributed by atoms with van der Waals surface area (Å²) < 4.78 is 33.7. The second-order valence-corrected chi connectivity index (χ2v) is 10.8. The third-order valence-corrected chi connectivity index (χ3v) is 7.39. The topological polar surface area (TPSA) is 88.1 Å². The molecule has 34 heavy (non-hydrogen) atoms. The predicted octanol–water partition coefficient (Wildman–Crippen LogP) is 5.11. The standard InChI is InChI=1S/C23H20BrCl2N3O4S/c1-33-22-10-5-18(24)12-17(22)13-27-28-23(30)15-29(14-16-3-2-4-20(26)11-16)34(31,32)21-8-6-19(25)7-9-21/h2-13H,14-15H2,1H3,(H,28,30)/b27-13-. The van der Waals surface area contributed by atoms with Crippen LogP contribution in [0.3, 0.4) is 0 Å². The molecule has 0 radical (unpaired) electrons. The number of carbonyl (C=O) groups is 1. The number of benzene rings is 3. The van der Waals surface area contributed by atoms with Crippen molar-refractivity contribution < 1.29 is 17.9 Å². The van der Waals surface area contributed by atoms with Gasteiger partial charge in [-0.05, 0) is 60.2 Å². The molecule has 3 aromatic rings. The minimum Gasteiger partial charge on any atom is -0.496 e. The van der Waals surface area contributed by atoms with Crippen molar-refractivity contribution in [1.29, 1.82) is 0 Å². The Kier molecular flexibility index (Phi) is 9.10. The number of amides is 1. The van der Waals surface area contributed by atoms with Crippen LogP contribution in [0.2, 0.25) is 10.0 Å². The highest BCUT2D eigenvalue weighted by Gasteiger charge is 2.27. The van der Waals surface area contributed by atoms with Crippen molar-refractivity contribution in [3.63, 3.8) is 0 Å². The molecule has 0 aliphatic rings. The average Bonchev–Trinajstić information content (AvgIpc) is 2.79. The van der Waals surface area contributed by atoms with Gasteiger partial charge in [-0.1, -0.05) is 51.3 Å². The van der Waals surface area contributed by atoms with Gasteiger partial charge in [-0.3, -0.25) is 4.79 Å².